The second kappa shape index (κ2) is 6.09. The van der Waals surface area contributed by atoms with E-state index < -0.39 is 0 Å². The van der Waals surface area contributed by atoms with E-state index in [0.717, 1.165) is 10.6 Å². The average molecular weight is 262 g/mol. The monoisotopic (exact) mass is 262 g/mol. The van der Waals surface area contributed by atoms with Gasteiger partial charge in [0.2, 0.25) is 0 Å². The van der Waals surface area contributed by atoms with Crippen LogP contribution in [-0.2, 0) is 11.3 Å². The Morgan fingerprint density at radius 1 is 1.44 bits per heavy atom. The van der Waals surface area contributed by atoms with Crippen LogP contribution in [0.4, 0.5) is 0 Å². The number of rotatable bonds is 5. The zero-order valence-corrected chi connectivity index (χ0v) is 11.8. The third kappa shape index (κ3) is 2.96. The molecule has 0 aliphatic carbocycles. The third-order valence-corrected chi connectivity index (χ3v) is 4.10. The van der Waals surface area contributed by atoms with Gasteiger partial charge in [-0.25, -0.2) is 4.98 Å². The molecule has 1 unspecified atom stereocenters. The lowest BCUT2D eigenvalue weighted by molar-refractivity contribution is 0.185. The summed E-state index contributed by atoms with van der Waals surface area (Å²) in [4.78, 5) is 5.75. The SMILES string of the molecule is CNC(C)c1cnc(-c2cccc(COC)c2)s1. The highest BCUT2D eigenvalue weighted by molar-refractivity contribution is 7.15. The number of hydrogen-bond donors (Lipinski definition) is 1. The molecule has 0 radical (unpaired) electrons. The van der Waals surface area contributed by atoms with E-state index in [-0.39, 0.29) is 0 Å². The van der Waals surface area contributed by atoms with Crippen LogP contribution in [0.5, 0.6) is 0 Å². The lowest BCUT2D eigenvalue weighted by Gasteiger charge is -2.05. The molecule has 1 aromatic heterocycles. The summed E-state index contributed by atoms with van der Waals surface area (Å²) in [6.07, 6.45) is 1.95. The van der Waals surface area contributed by atoms with Crippen molar-refractivity contribution in [3.05, 3.63) is 40.9 Å². The molecule has 0 spiro atoms. The minimum absolute atomic E-state index is 0.346. The fourth-order valence-corrected chi connectivity index (χ4v) is 2.70. The number of nitrogens with one attached hydrogen (secondary N) is 1. The van der Waals surface area contributed by atoms with Crippen molar-refractivity contribution in [2.24, 2.45) is 0 Å². The summed E-state index contributed by atoms with van der Waals surface area (Å²) in [5.41, 5.74) is 2.33. The Balaban J connectivity index is 2.25. The quantitative estimate of drug-likeness (QED) is 0.898. The number of methoxy groups -OCH3 is 1. The van der Waals surface area contributed by atoms with E-state index in [4.69, 9.17) is 4.74 Å². The van der Waals surface area contributed by atoms with E-state index in [0.29, 0.717) is 12.6 Å². The largest absolute Gasteiger partial charge is 0.380 e. The number of ether oxygens (including phenoxy) is 1. The van der Waals surface area contributed by atoms with Crippen LogP contribution >= 0.6 is 11.3 Å². The predicted octanol–water partition coefficient (Wildman–Crippen LogP) is 3.24. The van der Waals surface area contributed by atoms with Crippen molar-refractivity contribution in [1.82, 2.24) is 10.3 Å². The van der Waals surface area contributed by atoms with Gasteiger partial charge in [-0.05, 0) is 25.6 Å². The fourth-order valence-electron chi connectivity index (χ4n) is 1.72. The molecule has 0 saturated carbocycles. The van der Waals surface area contributed by atoms with E-state index in [1.165, 1.54) is 10.4 Å². The van der Waals surface area contributed by atoms with Gasteiger partial charge < -0.3 is 10.1 Å². The van der Waals surface area contributed by atoms with Gasteiger partial charge >= 0.3 is 0 Å². The van der Waals surface area contributed by atoms with E-state index in [2.05, 4.69) is 35.4 Å². The molecule has 0 amide bonds. The van der Waals surface area contributed by atoms with Crippen molar-refractivity contribution in [3.8, 4) is 10.6 Å². The van der Waals surface area contributed by atoms with Crippen LogP contribution in [0.2, 0.25) is 0 Å². The van der Waals surface area contributed by atoms with Crippen LogP contribution in [0.15, 0.2) is 30.5 Å². The standard InChI is InChI=1S/C14H18N2OS/c1-10(15-2)13-8-16-14(18-13)12-6-4-5-11(7-12)9-17-3/h4-8,10,15H,9H2,1-3H3. The third-order valence-electron chi connectivity index (χ3n) is 2.87. The van der Waals surface area contributed by atoms with E-state index in [9.17, 15) is 0 Å². The van der Waals surface area contributed by atoms with Crippen molar-refractivity contribution in [3.63, 3.8) is 0 Å². The molecular formula is C14H18N2OS. The minimum atomic E-state index is 0.346. The Bertz CT molecular complexity index is 510. The molecule has 1 atom stereocenters. The summed E-state index contributed by atoms with van der Waals surface area (Å²) < 4.78 is 5.15. The Morgan fingerprint density at radius 3 is 3.00 bits per heavy atom. The maximum absolute atomic E-state index is 5.15. The van der Waals surface area contributed by atoms with Crippen LogP contribution in [-0.4, -0.2) is 19.1 Å². The molecule has 2 rings (SSSR count). The Morgan fingerprint density at radius 2 is 2.28 bits per heavy atom. The van der Waals surface area contributed by atoms with Gasteiger partial charge in [-0.2, -0.15) is 0 Å². The average Bonchev–Trinajstić information content (AvgIpc) is 2.88. The summed E-state index contributed by atoms with van der Waals surface area (Å²) in [5.74, 6) is 0. The number of thiazole rings is 1. The van der Waals surface area contributed by atoms with E-state index in [1.807, 2.05) is 19.3 Å². The molecule has 0 saturated heterocycles. The zero-order valence-electron chi connectivity index (χ0n) is 10.9. The van der Waals surface area contributed by atoms with Crippen LogP contribution in [0.3, 0.4) is 0 Å². The molecule has 0 aliphatic rings. The minimum Gasteiger partial charge on any atom is -0.380 e. The summed E-state index contributed by atoms with van der Waals surface area (Å²) in [6, 6.07) is 8.69. The molecule has 0 aliphatic heterocycles. The molecule has 1 N–H and O–H groups in total. The van der Waals surface area contributed by atoms with Gasteiger partial charge in [0, 0.05) is 29.8 Å². The highest BCUT2D eigenvalue weighted by Gasteiger charge is 2.09. The molecule has 0 fully saturated rings. The maximum atomic E-state index is 5.15. The second-order valence-corrected chi connectivity index (χ2v) is 5.27. The van der Waals surface area contributed by atoms with Crippen molar-refractivity contribution < 1.29 is 4.74 Å². The predicted molar refractivity (Wildman–Crippen MR) is 75.7 cm³/mol. The normalized spacial score (nSPS) is 12.6. The van der Waals surface area contributed by atoms with Crippen LogP contribution in [0.1, 0.15) is 23.4 Å². The van der Waals surface area contributed by atoms with Crippen LogP contribution < -0.4 is 5.32 Å². The van der Waals surface area contributed by atoms with Gasteiger partial charge in [-0.1, -0.05) is 18.2 Å². The van der Waals surface area contributed by atoms with Crippen molar-refractivity contribution >= 4 is 11.3 Å². The van der Waals surface area contributed by atoms with Crippen LogP contribution in [0.25, 0.3) is 10.6 Å². The van der Waals surface area contributed by atoms with E-state index >= 15 is 0 Å². The smallest absolute Gasteiger partial charge is 0.123 e. The summed E-state index contributed by atoms with van der Waals surface area (Å²) in [6.45, 7) is 2.78. The van der Waals surface area contributed by atoms with E-state index in [1.54, 1.807) is 18.4 Å². The molecule has 18 heavy (non-hydrogen) atoms. The first kappa shape index (κ1) is 13.2. The number of hydrogen-bond acceptors (Lipinski definition) is 4. The van der Waals surface area contributed by atoms with Crippen molar-refractivity contribution in [1.29, 1.82) is 0 Å². The topological polar surface area (TPSA) is 34.2 Å². The highest BCUT2D eigenvalue weighted by atomic mass is 32.1. The number of aromatic nitrogens is 1. The molecule has 4 heteroatoms. The van der Waals surface area contributed by atoms with Gasteiger partial charge in [0.1, 0.15) is 5.01 Å². The molecule has 96 valence electrons. The number of nitrogens with zero attached hydrogens (tertiary/aromatic N) is 1. The van der Waals surface area contributed by atoms with Gasteiger partial charge in [-0.3, -0.25) is 0 Å². The Hall–Kier alpha value is -1.23. The Labute approximate surface area is 112 Å². The number of benzene rings is 1. The molecular weight excluding hydrogens is 244 g/mol. The first-order chi connectivity index (χ1) is 8.74. The summed E-state index contributed by atoms with van der Waals surface area (Å²) in [7, 11) is 3.67. The van der Waals surface area contributed by atoms with Gasteiger partial charge in [0.05, 0.1) is 6.61 Å². The Kier molecular flexibility index (Phi) is 4.47. The summed E-state index contributed by atoms with van der Waals surface area (Å²) in [5, 5.41) is 4.29. The van der Waals surface area contributed by atoms with Gasteiger partial charge in [-0.15, -0.1) is 11.3 Å². The molecule has 1 aromatic carbocycles. The fraction of sp³-hybridized carbons (Fsp3) is 0.357. The lowest BCUT2D eigenvalue weighted by atomic mass is 10.1. The summed E-state index contributed by atoms with van der Waals surface area (Å²) >= 11 is 1.73. The van der Waals surface area contributed by atoms with Crippen LogP contribution in [0, 0.1) is 0 Å². The lowest BCUT2D eigenvalue weighted by Crippen LogP contribution is -2.10. The van der Waals surface area contributed by atoms with Gasteiger partial charge in [0.15, 0.2) is 0 Å². The first-order valence-corrected chi connectivity index (χ1v) is 6.77. The zero-order chi connectivity index (χ0) is 13.0. The van der Waals surface area contributed by atoms with Crippen molar-refractivity contribution in [2.45, 2.75) is 19.6 Å². The molecule has 1 heterocycles. The highest BCUT2D eigenvalue weighted by Crippen LogP contribution is 2.29. The first-order valence-electron chi connectivity index (χ1n) is 5.96. The second-order valence-electron chi connectivity index (χ2n) is 4.21. The maximum Gasteiger partial charge on any atom is 0.123 e. The van der Waals surface area contributed by atoms with Crippen molar-refractivity contribution in [2.75, 3.05) is 14.2 Å². The molecule has 2 aromatic rings. The molecule has 0 bridgehead atoms. The van der Waals surface area contributed by atoms with Gasteiger partial charge in [0.25, 0.3) is 0 Å². The molecule has 3 nitrogen and oxygen atoms in total.